The van der Waals surface area contributed by atoms with E-state index in [0.29, 0.717) is 6.04 Å². The van der Waals surface area contributed by atoms with Gasteiger partial charge in [-0.1, -0.05) is 24.6 Å². The van der Waals surface area contributed by atoms with Gasteiger partial charge in [0.1, 0.15) is 0 Å². The summed E-state index contributed by atoms with van der Waals surface area (Å²) in [6, 6.07) is 6.71. The molecule has 1 fully saturated rings. The second-order valence-corrected chi connectivity index (χ2v) is 5.62. The van der Waals surface area contributed by atoms with Crippen molar-refractivity contribution in [1.82, 2.24) is 5.32 Å². The van der Waals surface area contributed by atoms with Crippen LogP contribution in [0.5, 0.6) is 0 Å². The standard InChI is InChI=1S/C15H23ClN2O/c1-4-17-8-13-5-6-15(14(16)7-13)18-9-12(3)19-10-11(18)2/h5-7,11-12,17H,4,8-10H2,1-3H3. The lowest BCUT2D eigenvalue weighted by atomic mass is 10.1. The zero-order chi connectivity index (χ0) is 13.8. The van der Waals surface area contributed by atoms with Crippen molar-refractivity contribution in [2.75, 3.05) is 24.6 Å². The molecule has 2 atom stereocenters. The van der Waals surface area contributed by atoms with Gasteiger partial charge in [-0.05, 0) is 38.1 Å². The molecule has 0 aromatic heterocycles. The normalized spacial score (nSPS) is 23.7. The van der Waals surface area contributed by atoms with E-state index in [4.69, 9.17) is 16.3 Å². The summed E-state index contributed by atoms with van der Waals surface area (Å²) in [5.41, 5.74) is 2.34. The highest BCUT2D eigenvalue weighted by Gasteiger charge is 2.25. The van der Waals surface area contributed by atoms with E-state index in [1.807, 2.05) is 0 Å². The molecule has 1 N–H and O–H groups in total. The smallest absolute Gasteiger partial charge is 0.0723 e. The fourth-order valence-electron chi connectivity index (χ4n) is 2.40. The average molecular weight is 283 g/mol. The Morgan fingerprint density at radius 3 is 2.89 bits per heavy atom. The van der Waals surface area contributed by atoms with Crippen molar-refractivity contribution in [3.05, 3.63) is 28.8 Å². The topological polar surface area (TPSA) is 24.5 Å². The maximum Gasteiger partial charge on any atom is 0.0723 e. The van der Waals surface area contributed by atoms with Gasteiger partial charge in [-0.2, -0.15) is 0 Å². The lowest BCUT2D eigenvalue weighted by Gasteiger charge is -2.39. The number of hydrogen-bond donors (Lipinski definition) is 1. The Kier molecular flexibility index (Phi) is 5.08. The van der Waals surface area contributed by atoms with Crippen LogP contribution in [0.1, 0.15) is 26.3 Å². The van der Waals surface area contributed by atoms with Gasteiger partial charge in [0.2, 0.25) is 0 Å². The second-order valence-electron chi connectivity index (χ2n) is 5.21. The van der Waals surface area contributed by atoms with Crippen molar-refractivity contribution < 1.29 is 4.74 Å². The van der Waals surface area contributed by atoms with Crippen LogP contribution in [0, 0.1) is 0 Å². The summed E-state index contributed by atoms with van der Waals surface area (Å²) in [6.07, 6.45) is 0.258. The third-order valence-corrected chi connectivity index (χ3v) is 3.81. The average Bonchev–Trinajstić information content (AvgIpc) is 2.40. The van der Waals surface area contributed by atoms with E-state index in [2.05, 4.69) is 49.2 Å². The van der Waals surface area contributed by atoms with Gasteiger partial charge in [0.15, 0.2) is 0 Å². The van der Waals surface area contributed by atoms with Crippen LogP contribution >= 0.6 is 11.6 Å². The Morgan fingerprint density at radius 2 is 2.21 bits per heavy atom. The minimum absolute atomic E-state index is 0.258. The largest absolute Gasteiger partial charge is 0.375 e. The number of nitrogens with one attached hydrogen (secondary N) is 1. The number of anilines is 1. The number of halogens is 1. The van der Waals surface area contributed by atoms with Gasteiger partial charge in [-0.25, -0.2) is 0 Å². The van der Waals surface area contributed by atoms with Crippen LogP contribution in [0.15, 0.2) is 18.2 Å². The van der Waals surface area contributed by atoms with E-state index in [1.165, 1.54) is 5.56 Å². The van der Waals surface area contributed by atoms with Crippen LogP contribution in [-0.2, 0) is 11.3 Å². The van der Waals surface area contributed by atoms with E-state index in [0.717, 1.165) is 37.0 Å². The molecule has 2 rings (SSSR count). The Balaban J connectivity index is 2.15. The first kappa shape index (κ1) is 14.6. The molecule has 1 aliphatic heterocycles. The number of ether oxygens (including phenoxy) is 1. The van der Waals surface area contributed by atoms with Crippen molar-refractivity contribution in [2.45, 2.75) is 39.5 Å². The number of morpholine rings is 1. The highest BCUT2D eigenvalue weighted by atomic mass is 35.5. The summed E-state index contributed by atoms with van der Waals surface area (Å²) in [4.78, 5) is 2.34. The molecule has 4 heteroatoms. The second kappa shape index (κ2) is 6.60. The van der Waals surface area contributed by atoms with Crippen molar-refractivity contribution in [1.29, 1.82) is 0 Å². The minimum atomic E-state index is 0.258. The van der Waals surface area contributed by atoms with Crippen molar-refractivity contribution in [3.63, 3.8) is 0 Å². The van der Waals surface area contributed by atoms with Crippen LogP contribution in [-0.4, -0.2) is 31.8 Å². The molecule has 106 valence electrons. The first-order valence-corrected chi connectivity index (χ1v) is 7.37. The molecule has 0 spiro atoms. The van der Waals surface area contributed by atoms with Gasteiger partial charge >= 0.3 is 0 Å². The maximum absolute atomic E-state index is 6.44. The molecule has 0 saturated carbocycles. The lowest BCUT2D eigenvalue weighted by molar-refractivity contribution is 0.0344. The van der Waals surface area contributed by atoms with E-state index >= 15 is 0 Å². The van der Waals surface area contributed by atoms with E-state index in [9.17, 15) is 0 Å². The van der Waals surface area contributed by atoms with Gasteiger partial charge in [0.05, 0.1) is 23.4 Å². The highest BCUT2D eigenvalue weighted by Crippen LogP contribution is 2.30. The first-order chi connectivity index (χ1) is 9.11. The molecule has 0 bridgehead atoms. The highest BCUT2D eigenvalue weighted by molar-refractivity contribution is 6.33. The summed E-state index contributed by atoms with van der Waals surface area (Å²) in [5.74, 6) is 0. The first-order valence-electron chi connectivity index (χ1n) is 6.99. The zero-order valence-electron chi connectivity index (χ0n) is 11.9. The number of nitrogens with zero attached hydrogens (tertiary/aromatic N) is 1. The quantitative estimate of drug-likeness (QED) is 0.919. The number of benzene rings is 1. The molecule has 3 nitrogen and oxygen atoms in total. The van der Waals surface area contributed by atoms with Gasteiger partial charge in [-0.15, -0.1) is 0 Å². The predicted octanol–water partition coefficient (Wildman–Crippen LogP) is 3.06. The Morgan fingerprint density at radius 1 is 1.42 bits per heavy atom. The van der Waals surface area contributed by atoms with Gasteiger partial charge in [0, 0.05) is 19.1 Å². The molecule has 1 aromatic rings. The van der Waals surface area contributed by atoms with Crippen molar-refractivity contribution >= 4 is 17.3 Å². The molecule has 1 aromatic carbocycles. The summed E-state index contributed by atoms with van der Waals surface area (Å²) in [5, 5.41) is 4.14. The Bertz CT molecular complexity index is 425. The molecule has 1 heterocycles. The summed E-state index contributed by atoms with van der Waals surface area (Å²) >= 11 is 6.44. The predicted molar refractivity (Wildman–Crippen MR) is 81.1 cm³/mol. The molecule has 1 aliphatic rings. The fourth-order valence-corrected chi connectivity index (χ4v) is 2.71. The molecule has 0 amide bonds. The number of rotatable bonds is 4. The molecule has 1 saturated heterocycles. The Hall–Kier alpha value is -0.770. The third-order valence-electron chi connectivity index (χ3n) is 3.51. The minimum Gasteiger partial charge on any atom is -0.375 e. The van der Waals surface area contributed by atoms with E-state index in [1.54, 1.807) is 0 Å². The molecule has 2 unspecified atom stereocenters. The Labute approximate surface area is 120 Å². The van der Waals surface area contributed by atoms with Crippen LogP contribution < -0.4 is 10.2 Å². The van der Waals surface area contributed by atoms with Gasteiger partial charge < -0.3 is 15.0 Å². The molecule has 19 heavy (non-hydrogen) atoms. The van der Waals surface area contributed by atoms with Crippen LogP contribution in [0.25, 0.3) is 0 Å². The van der Waals surface area contributed by atoms with Crippen LogP contribution in [0.3, 0.4) is 0 Å². The molecular weight excluding hydrogens is 260 g/mol. The molecule has 0 radical (unpaired) electrons. The molecular formula is C15H23ClN2O. The van der Waals surface area contributed by atoms with Crippen LogP contribution in [0.4, 0.5) is 5.69 Å². The third kappa shape index (κ3) is 3.62. The monoisotopic (exact) mass is 282 g/mol. The lowest BCUT2D eigenvalue weighted by Crippen LogP contribution is -2.47. The van der Waals surface area contributed by atoms with Crippen molar-refractivity contribution in [3.8, 4) is 0 Å². The van der Waals surface area contributed by atoms with E-state index in [-0.39, 0.29) is 6.10 Å². The van der Waals surface area contributed by atoms with E-state index < -0.39 is 0 Å². The summed E-state index contributed by atoms with van der Waals surface area (Å²) < 4.78 is 5.66. The summed E-state index contributed by atoms with van der Waals surface area (Å²) in [6.45, 7) is 9.88. The van der Waals surface area contributed by atoms with Crippen LogP contribution in [0.2, 0.25) is 5.02 Å². The SMILES string of the molecule is CCNCc1ccc(N2CC(C)OCC2C)c(Cl)c1. The molecule has 0 aliphatic carbocycles. The van der Waals surface area contributed by atoms with Gasteiger partial charge in [-0.3, -0.25) is 0 Å². The fraction of sp³-hybridized carbons (Fsp3) is 0.600. The zero-order valence-corrected chi connectivity index (χ0v) is 12.7. The maximum atomic E-state index is 6.44. The number of hydrogen-bond acceptors (Lipinski definition) is 3. The van der Waals surface area contributed by atoms with Gasteiger partial charge in [0.25, 0.3) is 0 Å². The van der Waals surface area contributed by atoms with Crippen molar-refractivity contribution in [2.24, 2.45) is 0 Å². The summed E-state index contributed by atoms with van der Waals surface area (Å²) in [7, 11) is 0.